The molecule has 0 radical (unpaired) electrons. The van der Waals surface area contributed by atoms with Crippen LogP contribution in [0, 0.1) is 0 Å². The monoisotopic (exact) mass is 542 g/mol. The second kappa shape index (κ2) is 10.9. The maximum absolute atomic E-state index is 12.7. The summed E-state index contributed by atoms with van der Waals surface area (Å²) in [7, 11) is 0. The van der Waals surface area contributed by atoms with Crippen LogP contribution in [0.5, 0.6) is 0 Å². The fraction of sp³-hybridized carbons (Fsp3) is 0.0345. The Morgan fingerprint density at radius 2 is 1.39 bits per heavy atom. The fourth-order valence-electron chi connectivity index (χ4n) is 3.86. The van der Waals surface area contributed by atoms with Crippen LogP contribution in [0.25, 0.3) is 0 Å². The molecule has 0 unspecified atom stereocenters. The summed E-state index contributed by atoms with van der Waals surface area (Å²) in [6, 6.07) is 27.1. The van der Waals surface area contributed by atoms with Crippen molar-refractivity contribution < 1.29 is 23.9 Å². The van der Waals surface area contributed by atoms with Gasteiger partial charge in [-0.2, -0.15) is 0 Å². The zero-order valence-corrected chi connectivity index (χ0v) is 21.3. The summed E-state index contributed by atoms with van der Waals surface area (Å²) in [5, 5.41) is 3.40. The van der Waals surface area contributed by atoms with Gasteiger partial charge in [0.15, 0.2) is 6.61 Å². The molecule has 3 amide bonds. The average molecular weight is 543 g/mol. The van der Waals surface area contributed by atoms with Gasteiger partial charge in [-0.3, -0.25) is 14.4 Å². The number of anilines is 2. The molecular weight excluding hydrogens is 524 g/mol. The van der Waals surface area contributed by atoms with Crippen molar-refractivity contribution in [2.75, 3.05) is 16.8 Å². The number of imide groups is 1. The first-order valence-electron chi connectivity index (χ1n) is 11.5. The zero-order valence-electron chi connectivity index (χ0n) is 19.7. The molecule has 0 saturated heterocycles. The van der Waals surface area contributed by atoms with Crippen molar-refractivity contribution in [3.05, 3.63) is 119 Å². The van der Waals surface area contributed by atoms with Crippen molar-refractivity contribution in [1.82, 2.24) is 0 Å². The molecule has 38 heavy (non-hydrogen) atoms. The number of halogens is 1. The van der Waals surface area contributed by atoms with E-state index in [9.17, 15) is 19.2 Å². The van der Waals surface area contributed by atoms with Gasteiger partial charge in [0.2, 0.25) is 0 Å². The van der Waals surface area contributed by atoms with Crippen LogP contribution in [-0.2, 0) is 9.53 Å². The molecule has 4 aromatic rings. The molecule has 1 N–H and O–H groups in total. The molecule has 0 spiro atoms. The number of para-hydroxylation sites is 1. The minimum Gasteiger partial charge on any atom is -0.452 e. The highest BCUT2D eigenvalue weighted by Crippen LogP contribution is 2.34. The van der Waals surface area contributed by atoms with Gasteiger partial charge in [0.1, 0.15) is 0 Å². The lowest BCUT2D eigenvalue weighted by Crippen LogP contribution is -2.29. The van der Waals surface area contributed by atoms with E-state index in [0.717, 1.165) is 14.7 Å². The average Bonchev–Trinajstić information content (AvgIpc) is 3.19. The summed E-state index contributed by atoms with van der Waals surface area (Å²) in [5.74, 6) is -2.05. The van der Waals surface area contributed by atoms with Gasteiger partial charge < -0.3 is 10.1 Å². The Hall–Kier alpha value is -4.40. The number of rotatable bonds is 7. The highest BCUT2D eigenvalue weighted by Gasteiger charge is 2.36. The number of hydrogen-bond acceptors (Lipinski definition) is 6. The van der Waals surface area contributed by atoms with Gasteiger partial charge in [-0.1, -0.05) is 47.6 Å². The highest BCUT2D eigenvalue weighted by atomic mass is 35.5. The number of nitrogens with one attached hydrogen (secondary N) is 1. The van der Waals surface area contributed by atoms with Gasteiger partial charge in [0, 0.05) is 14.8 Å². The normalized spacial score (nSPS) is 12.3. The van der Waals surface area contributed by atoms with Crippen molar-refractivity contribution in [1.29, 1.82) is 0 Å². The van der Waals surface area contributed by atoms with E-state index in [2.05, 4.69) is 5.32 Å². The molecule has 0 bridgehead atoms. The molecule has 4 aromatic carbocycles. The number of carbonyl (C=O) groups excluding carboxylic acids is 4. The standard InChI is InChI=1S/C29H19ClN2O5S/c30-19-11-15-21(16-12-19)38-25-8-4-3-7-24(25)31-26(33)17-37-29(36)18-9-13-20(14-10-18)32-27(34)22-5-1-2-6-23(22)28(32)35/h1-16H,17H2,(H,31,33). The summed E-state index contributed by atoms with van der Waals surface area (Å²) >= 11 is 7.41. The van der Waals surface area contributed by atoms with E-state index in [0.29, 0.717) is 27.5 Å². The topological polar surface area (TPSA) is 92.8 Å². The number of amides is 3. The SMILES string of the molecule is O=C(COC(=O)c1ccc(N2C(=O)c3ccccc3C2=O)cc1)Nc1ccccc1Sc1ccc(Cl)cc1. The lowest BCUT2D eigenvalue weighted by molar-refractivity contribution is -0.119. The van der Waals surface area contributed by atoms with Crippen LogP contribution in [0.3, 0.4) is 0 Å². The minimum atomic E-state index is -0.710. The van der Waals surface area contributed by atoms with E-state index in [1.165, 1.54) is 36.0 Å². The number of ether oxygens (including phenoxy) is 1. The Labute approximate surface area is 227 Å². The molecule has 0 aliphatic carbocycles. The quantitative estimate of drug-likeness (QED) is 0.224. The minimum absolute atomic E-state index is 0.178. The summed E-state index contributed by atoms with van der Waals surface area (Å²) < 4.78 is 5.17. The van der Waals surface area contributed by atoms with Crippen LogP contribution in [-0.4, -0.2) is 30.3 Å². The van der Waals surface area contributed by atoms with Crippen LogP contribution in [0.4, 0.5) is 11.4 Å². The number of fused-ring (bicyclic) bond motifs is 1. The molecule has 5 rings (SSSR count). The van der Waals surface area contributed by atoms with E-state index >= 15 is 0 Å². The van der Waals surface area contributed by atoms with Gasteiger partial charge in [-0.25, -0.2) is 9.69 Å². The van der Waals surface area contributed by atoms with Crippen molar-refractivity contribution in [2.24, 2.45) is 0 Å². The van der Waals surface area contributed by atoms with Crippen LogP contribution in [0.2, 0.25) is 5.02 Å². The molecule has 0 atom stereocenters. The molecule has 1 aliphatic heterocycles. The first-order valence-corrected chi connectivity index (χ1v) is 12.7. The van der Waals surface area contributed by atoms with Gasteiger partial charge in [0.25, 0.3) is 17.7 Å². The molecule has 7 nitrogen and oxygen atoms in total. The predicted octanol–water partition coefficient (Wildman–Crippen LogP) is 6.09. The second-order valence-electron chi connectivity index (χ2n) is 8.21. The third-order valence-corrected chi connectivity index (χ3v) is 7.03. The van der Waals surface area contributed by atoms with Crippen LogP contribution in [0.1, 0.15) is 31.1 Å². The number of esters is 1. The third kappa shape index (κ3) is 5.32. The van der Waals surface area contributed by atoms with Crippen molar-refractivity contribution in [3.8, 4) is 0 Å². The van der Waals surface area contributed by atoms with Crippen molar-refractivity contribution in [2.45, 2.75) is 9.79 Å². The first kappa shape index (κ1) is 25.3. The predicted molar refractivity (Wildman–Crippen MR) is 145 cm³/mol. The Morgan fingerprint density at radius 3 is 2.05 bits per heavy atom. The number of nitrogens with zero attached hydrogens (tertiary/aromatic N) is 1. The van der Waals surface area contributed by atoms with E-state index < -0.39 is 30.3 Å². The lowest BCUT2D eigenvalue weighted by atomic mass is 10.1. The molecule has 9 heteroatoms. The van der Waals surface area contributed by atoms with Crippen LogP contribution < -0.4 is 10.2 Å². The fourth-order valence-corrected chi connectivity index (χ4v) is 4.89. The Bertz CT molecular complexity index is 1520. The molecule has 0 saturated carbocycles. The largest absolute Gasteiger partial charge is 0.452 e. The number of hydrogen-bond donors (Lipinski definition) is 1. The molecule has 188 valence electrons. The van der Waals surface area contributed by atoms with Crippen molar-refractivity contribution in [3.63, 3.8) is 0 Å². The Balaban J connectivity index is 1.19. The smallest absolute Gasteiger partial charge is 0.338 e. The zero-order chi connectivity index (χ0) is 26.6. The van der Waals surface area contributed by atoms with E-state index in [4.69, 9.17) is 16.3 Å². The lowest BCUT2D eigenvalue weighted by Gasteiger charge is -2.14. The van der Waals surface area contributed by atoms with Crippen LogP contribution in [0.15, 0.2) is 107 Å². The van der Waals surface area contributed by atoms with E-state index in [1.807, 2.05) is 24.3 Å². The second-order valence-corrected chi connectivity index (χ2v) is 9.77. The summed E-state index contributed by atoms with van der Waals surface area (Å²) in [4.78, 5) is 53.2. The Morgan fingerprint density at radius 1 is 0.789 bits per heavy atom. The van der Waals surface area contributed by atoms with Crippen LogP contribution >= 0.6 is 23.4 Å². The highest BCUT2D eigenvalue weighted by molar-refractivity contribution is 7.99. The van der Waals surface area contributed by atoms with Gasteiger partial charge in [-0.15, -0.1) is 0 Å². The summed E-state index contributed by atoms with van der Waals surface area (Å²) in [6.45, 7) is -0.487. The maximum Gasteiger partial charge on any atom is 0.338 e. The van der Waals surface area contributed by atoms with Gasteiger partial charge in [0.05, 0.1) is 28.1 Å². The number of carbonyl (C=O) groups is 4. The third-order valence-electron chi connectivity index (χ3n) is 5.69. The van der Waals surface area contributed by atoms with Gasteiger partial charge >= 0.3 is 5.97 Å². The molecular formula is C29H19ClN2O5S. The first-order chi connectivity index (χ1) is 18.4. The molecule has 0 fully saturated rings. The molecule has 1 aliphatic rings. The summed E-state index contributed by atoms with van der Waals surface area (Å²) in [5.41, 5.74) is 1.76. The van der Waals surface area contributed by atoms with Crippen molar-refractivity contribution >= 4 is 58.4 Å². The number of benzene rings is 4. The Kier molecular flexibility index (Phi) is 7.26. The summed E-state index contributed by atoms with van der Waals surface area (Å²) in [6.07, 6.45) is 0. The van der Waals surface area contributed by atoms with E-state index in [1.54, 1.807) is 48.5 Å². The van der Waals surface area contributed by atoms with Gasteiger partial charge in [-0.05, 0) is 72.8 Å². The maximum atomic E-state index is 12.7. The molecule has 0 aromatic heterocycles. The molecule has 1 heterocycles. The van der Waals surface area contributed by atoms with E-state index in [-0.39, 0.29) is 5.56 Å².